The van der Waals surface area contributed by atoms with Crippen molar-refractivity contribution in [2.24, 2.45) is 0 Å². The predicted octanol–water partition coefficient (Wildman–Crippen LogP) is 2.48. The first-order valence-electron chi connectivity index (χ1n) is 5.40. The van der Waals surface area contributed by atoms with E-state index in [2.05, 4.69) is 25.8 Å². The largest absolute Gasteiger partial charge is 0.303 e. The summed E-state index contributed by atoms with van der Waals surface area (Å²) in [5.74, 6) is 0. The molecule has 1 unspecified atom stereocenters. The van der Waals surface area contributed by atoms with Gasteiger partial charge in [-0.3, -0.25) is 0 Å². The second-order valence-electron chi connectivity index (χ2n) is 3.64. The number of carbonyl (C=O) groups is 1. The Kier molecular flexibility index (Phi) is 8.00. The topological polar surface area (TPSA) is 20.3 Å². The van der Waals surface area contributed by atoms with E-state index in [1.54, 1.807) is 0 Å². The number of aldehydes is 1. The molecule has 13 heavy (non-hydrogen) atoms. The summed E-state index contributed by atoms with van der Waals surface area (Å²) < 4.78 is 0. The second-order valence-corrected chi connectivity index (χ2v) is 3.64. The molecule has 0 radical (unpaired) electrons. The van der Waals surface area contributed by atoms with Gasteiger partial charge in [0.1, 0.15) is 6.29 Å². The lowest BCUT2D eigenvalue weighted by Crippen LogP contribution is -2.31. The molecule has 1 atom stereocenters. The van der Waals surface area contributed by atoms with Crippen molar-refractivity contribution < 1.29 is 4.79 Å². The predicted molar refractivity (Wildman–Crippen MR) is 56.9 cm³/mol. The van der Waals surface area contributed by atoms with Gasteiger partial charge in [-0.05, 0) is 32.9 Å². The summed E-state index contributed by atoms with van der Waals surface area (Å²) in [6.45, 7) is 5.51. The first-order chi connectivity index (χ1) is 6.26. The lowest BCUT2D eigenvalue weighted by atomic mass is 10.1. The molecule has 2 nitrogen and oxygen atoms in total. The van der Waals surface area contributed by atoms with Crippen LogP contribution in [0.5, 0.6) is 0 Å². The molecule has 78 valence electrons. The SMILES string of the molecule is CCCC(CC)N(C)CCCC=O. The van der Waals surface area contributed by atoms with Crippen molar-refractivity contribution in [1.29, 1.82) is 0 Å². The molecule has 0 aliphatic carbocycles. The minimum atomic E-state index is 0.701. The zero-order valence-electron chi connectivity index (χ0n) is 9.25. The Bertz CT molecular complexity index is 125. The summed E-state index contributed by atoms with van der Waals surface area (Å²) in [4.78, 5) is 12.5. The number of unbranched alkanes of at least 4 members (excludes halogenated alkanes) is 1. The minimum absolute atomic E-state index is 0.701. The third-order valence-corrected chi connectivity index (χ3v) is 2.55. The van der Waals surface area contributed by atoms with E-state index in [1.165, 1.54) is 19.3 Å². The maximum absolute atomic E-state index is 10.1. The first kappa shape index (κ1) is 12.6. The highest BCUT2D eigenvalue weighted by Gasteiger charge is 2.10. The van der Waals surface area contributed by atoms with Crippen LogP contribution in [-0.2, 0) is 4.79 Å². The van der Waals surface area contributed by atoms with Gasteiger partial charge in [-0.2, -0.15) is 0 Å². The van der Waals surface area contributed by atoms with E-state index in [1.807, 2.05) is 0 Å². The molecule has 0 rings (SSSR count). The van der Waals surface area contributed by atoms with Crippen molar-refractivity contribution in [2.75, 3.05) is 13.6 Å². The molecule has 0 amide bonds. The average Bonchev–Trinajstić information content (AvgIpc) is 2.14. The zero-order chi connectivity index (χ0) is 10.1. The van der Waals surface area contributed by atoms with Crippen molar-refractivity contribution in [1.82, 2.24) is 4.90 Å². The molecule has 0 aromatic rings. The number of nitrogens with zero attached hydrogens (tertiary/aromatic N) is 1. The van der Waals surface area contributed by atoms with Crippen LogP contribution in [0.3, 0.4) is 0 Å². The zero-order valence-corrected chi connectivity index (χ0v) is 9.25. The molecule has 0 aliphatic rings. The molecule has 0 aromatic heterocycles. The van der Waals surface area contributed by atoms with Crippen LogP contribution in [0.25, 0.3) is 0 Å². The number of hydrogen-bond donors (Lipinski definition) is 0. The van der Waals surface area contributed by atoms with Crippen molar-refractivity contribution in [3.63, 3.8) is 0 Å². The van der Waals surface area contributed by atoms with Crippen LogP contribution in [0.1, 0.15) is 46.0 Å². The fourth-order valence-electron chi connectivity index (χ4n) is 1.68. The summed E-state index contributed by atoms with van der Waals surface area (Å²) in [6, 6.07) is 0.705. The van der Waals surface area contributed by atoms with Crippen molar-refractivity contribution in [3.8, 4) is 0 Å². The molecule has 0 aromatic carbocycles. The summed E-state index contributed by atoms with van der Waals surface area (Å²) in [5, 5.41) is 0. The van der Waals surface area contributed by atoms with Crippen LogP contribution in [0, 0.1) is 0 Å². The van der Waals surface area contributed by atoms with Crippen molar-refractivity contribution in [2.45, 2.75) is 52.0 Å². The van der Waals surface area contributed by atoms with Crippen LogP contribution in [0.15, 0.2) is 0 Å². The fourth-order valence-corrected chi connectivity index (χ4v) is 1.68. The third-order valence-electron chi connectivity index (χ3n) is 2.55. The molecule has 0 aliphatic heterocycles. The maximum atomic E-state index is 10.1. The summed E-state index contributed by atoms with van der Waals surface area (Å²) in [7, 11) is 2.16. The van der Waals surface area contributed by atoms with Crippen LogP contribution in [-0.4, -0.2) is 30.8 Å². The molecular formula is C11H23NO. The Hall–Kier alpha value is -0.370. The van der Waals surface area contributed by atoms with Gasteiger partial charge in [0, 0.05) is 12.5 Å². The standard InChI is InChI=1S/C11H23NO/c1-4-8-11(5-2)12(3)9-6-7-10-13/h10-11H,4-9H2,1-3H3. The van der Waals surface area contributed by atoms with Gasteiger partial charge >= 0.3 is 0 Å². The average molecular weight is 185 g/mol. The van der Waals surface area contributed by atoms with E-state index in [9.17, 15) is 4.79 Å². The highest BCUT2D eigenvalue weighted by Crippen LogP contribution is 2.09. The van der Waals surface area contributed by atoms with E-state index < -0.39 is 0 Å². The molecule has 0 spiro atoms. The van der Waals surface area contributed by atoms with Crippen molar-refractivity contribution in [3.05, 3.63) is 0 Å². The Morgan fingerprint density at radius 2 is 2.08 bits per heavy atom. The Morgan fingerprint density at radius 1 is 1.38 bits per heavy atom. The van der Waals surface area contributed by atoms with Gasteiger partial charge in [0.25, 0.3) is 0 Å². The number of hydrogen-bond acceptors (Lipinski definition) is 2. The maximum Gasteiger partial charge on any atom is 0.120 e. The third kappa shape index (κ3) is 5.81. The van der Waals surface area contributed by atoms with Gasteiger partial charge in [-0.15, -0.1) is 0 Å². The van der Waals surface area contributed by atoms with E-state index >= 15 is 0 Å². The Labute approximate surface area is 82.3 Å². The minimum Gasteiger partial charge on any atom is -0.303 e. The highest BCUT2D eigenvalue weighted by atomic mass is 16.1. The highest BCUT2D eigenvalue weighted by molar-refractivity contribution is 5.48. The van der Waals surface area contributed by atoms with Crippen LogP contribution in [0.4, 0.5) is 0 Å². The molecule has 0 saturated heterocycles. The fraction of sp³-hybridized carbons (Fsp3) is 0.909. The van der Waals surface area contributed by atoms with Crippen molar-refractivity contribution >= 4 is 6.29 Å². The van der Waals surface area contributed by atoms with Gasteiger partial charge in [0.15, 0.2) is 0 Å². The van der Waals surface area contributed by atoms with Crippen LogP contribution >= 0.6 is 0 Å². The van der Waals surface area contributed by atoms with E-state index in [0.29, 0.717) is 12.5 Å². The molecule has 0 heterocycles. The molecule has 0 bridgehead atoms. The molecule has 0 saturated carbocycles. The van der Waals surface area contributed by atoms with Crippen LogP contribution < -0.4 is 0 Å². The summed E-state index contributed by atoms with van der Waals surface area (Å²) >= 11 is 0. The molecule has 0 fully saturated rings. The lowest BCUT2D eigenvalue weighted by Gasteiger charge is -2.26. The summed E-state index contributed by atoms with van der Waals surface area (Å²) in [5.41, 5.74) is 0. The smallest absolute Gasteiger partial charge is 0.120 e. The molecule has 2 heteroatoms. The Morgan fingerprint density at radius 3 is 2.54 bits per heavy atom. The van der Waals surface area contributed by atoms with Gasteiger partial charge < -0.3 is 9.69 Å². The quantitative estimate of drug-likeness (QED) is 0.428. The van der Waals surface area contributed by atoms with Gasteiger partial charge in [-0.25, -0.2) is 0 Å². The monoisotopic (exact) mass is 185 g/mol. The first-order valence-corrected chi connectivity index (χ1v) is 5.40. The summed E-state index contributed by atoms with van der Waals surface area (Å²) in [6.07, 6.45) is 6.44. The van der Waals surface area contributed by atoms with Gasteiger partial charge in [0.05, 0.1) is 0 Å². The number of rotatable bonds is 8. The molecule has 0 N–H and O–H groups in total. The van der Waals surface area contributed by atoms with Gasteiger partial charge in [0.2, 0.25) is 0 Å². The number of carbonyl (C=O) groups excluding carboxylic acids is 1. The van der Waals surface area contributed by atoms with Crippen LogP contribution in [0.2, 0.25) is 0 Å². The van der Waals surface area contributed by atoms with Gasteiger partial charge in [-0.1, -0.05) is 20.3 Å². The van der Waals surface area contributed by atoms with E-state index in [0.717, 1.165) is 19.3 Å². The normalized spacial score (nSPS) is 13.2. The second kappa shape index (κ2) is 8.24. The Balaban J connectivity index is 3.62. The van der Waals surface area contributed by atoms with E-state index in [-0.39, 0.29) is 0 Å². The van der Waals surface area contributed by atoms with E-state index in [4.69, 9.17) is 0 Å². The molecular weight excluding hydrogens is 162 g/mol. The lowest BCUT2D eigenvalue weighted by molar-refractivity contribution is -0.108.